The highest BCUT2D eigenvalue weighted by Gasteiger charge is 2.55. The van der Waals surface area contributed by atoms with Crippen LogP contribution >= 0.6 is 54.5 Å². The molecule has 15 heterocycles. The highest BCUT2D eigenvalue weighted by molar-refractivity contribution is 8.55. The number of nitrogens with two attached hydrogens (primary N) is 3. The number of aromatic amines is 3. The van der Waals surface area contributed by atoms with Gasteiger partial charge in [0.05, 0.1) is 112 Å². The fraction of sp³-hybridized carbons (Fsp3) is 0.582. The number of methoxy groups -OCH3 is 3. The molecule has 63 heteroatoms. The Morgan fingerprint density at radius 1 is 0.408 bits per heavy atom. The monoisotopic (exact) mass is 2120 g/mol. The van der Waals surface area contributed by atoms with Crippen LogP contribution in [-0.2, 0) is 112 Å². The van der Waals surface area contributed by atoms with Crippen LogP contribution in [0.25, 0.3) is 33.5 Å². The molecule has 782 valence electrons. The van der Waals surface area contributed by atoms with Crippen molar-refractivity contribution in [1.82, 2.24) is 72.3 Å². The van der Waals surface area contributed by atoms with Gasteiger partial charge >= 0.3 is 55.9 Å². The highest BCUT2D eigenvalue weighted by atomic mass is 32.7. The van der Waals surface area contributed by atoms with Gasteiger partial charge in [-0.05, 0) is 59.7 Å². The number of aromatic nitrogens is 15. The second kappa shape index (κ2) is 49.3. The number of aliphatic hydroxyl groups excluding tert-OH is 6. The quantitative estimate of drug-likeness (QED) is 0.0114. The first kappa shape index (κ1) is 111. The lowest BCUT2D eigenvalue weighted by Crippen LogP contribution is -2.39. The summed E-state index contributed by atoms with van der Waals surface area (Å²) in [4.78, 5) is 140. The lowest BCUT2D eigenvalue weighted by Gasteiger charge is -2.28. The Morgan fingerprint density at radius 3 is 0.901 bits per heavy atom. The Labute approximate surface area is 815 Å². The Hall–Kier alpha value is -9.99. The SMILES string of the molecule is C.COC1[C@@H](OP(=O)(OC[C@H]2O[C@@H](n3cnc4c(N)ccnc43)C[C@H]2O)SCOC(=O)OC(C)C)[C@@H](CO)O[C@H]1n1ccc(=O)[nH]c1=O.COC1[C@@H](O[P@@](=O)(OC[C@H]2O[C@@H](n3cnc4c(N)ccnc43)C[C@H]2O)SCOC(=O)OC(C)C)[C@@H](CO)O[C@H]1n1ccc(=O)[nH]c1=O.COC1[C@@H](O[P@](=O)(OC[C@H]2O[C@@H](n3cnc4c(N)ccnc43)C[C@H]2O)SCOC(=O)OC(C)C)[C@@H](CO)O[C@H]1n1ccc(=O)[nH]c1=O. The summed E-state index contributed by atoms with van der Waals surface area (Å²) in [6.07, 6.45) is -14.5. The molecule has 0 bridgehead atoms. The van der Waals surface area contributed by atoms with E-state index >= 15 is 0 Å². The average Bonchev–Trinajstić information content (AvgIpc) is 1.62. The summed E-state index contributed by atoms with van der Waals surface area (Å²) in [5.74, 6) is -1.61. The van der Waals surface area contributed by atoms with Crippen molar-refractivity contribution in [3.63, 3.8) is 0 Å². The number of pyridine rings is 3. The molecule has 6 aliphatic rings. The van der Waals surface area contributed by atoms with Gasteiger partial charge in [0.25, 0.3) is 16.7 Å². The van der Waals surface area contributed by atoms with Crippen LogP contribution in [-0.4, -0.2) is 310 Å². The molecule has 6 aliphatic heterocycles. The maximum atomic E-state index is 14.2. The number of hydrogen-bond donors (Lipinski definition) is 12. The number of carbonyl (C=O) groups is 3. The van der Waals surface area contributed by atoms with Crippen molar-refractivity contribution in [1.29, 1.82) is 0 Å². The Bertz CT molecular complexity index is 5740. The van der Waals surface area contributed by atoms with E-state index in [4.69, 9.17) is 115 Å². The molecule has 9 aromatic rings. The minimum absolute atomic E-state index is 0. The van der Waals surface area contributed by atoms with Crippen LogP contribution < -0.4 is 50.9 Å². The summed E-state index contributed by atoms with van der Waals surface area (Å²) >= 11 is 1.45. The van der Waals surface area contributed by atoms with Crippen molar-refractivity contribution in [2.24, 2.45) is 0 Å². The molecule has 15 rings (SSSR count). The maximum Gasteiger partial charge on any atom is 0.509 e. The topological polar surface area (TPSA) is 752 Å². The predicted molar refractivity (Wildman–Crippen MR) is 496 cm³/mol. The number of H-pyrrole nitrogens is 3. The number of nitrogens with zero attached hydrogens (tertiary/aromatic N) is 12. The van der Waals surface area contributed by atoms with E-state index in [1.54, 1.807) is 73.4 Å². The molecule has 0 saturated carbocycles. The highest BCUT2D eigenvalue weighted by Crippen LogP contribution is 2.66. The summed E-state index contributed by atoms with van der Waals surface area (Å²) in [6, 6.07) is 8.09. The van der Waals surface area contributed by atoms with E-state index in [0.717, 1.165) is 31.9 Å². The third-order valence-electron chi connectivity index (χ3n) is 21.7. The number of imidazole rings is 3. The van der Waals surface area contributed by atoms with E-state index in [-0.39, 0.29) is 26.7 Å². The van der Waals surface area contributed by atoms with Crippen molar-refractivity contribution in [2.45, 2.75) is 215 Å². The van der Waals surface area contributed by atoms with Gasteiger partial charge in [-0.25, -0.2) is 72.4 Å². The molecule has 4 unspecified atom stereocenters. The van der Waals surface area contributed by atoms with Gasteiger partial charge in [-0.2, -0.15) is 0 Å². The molecule has 0 amide bonds. The number of hydrogen-bond acceptors (Lipinski definition) is 51. The zero-order valence-electron chi connectivity index (χ0n) is 76.3. The van der Waals surface area contributed by atoms with Crippen LogP contribution in [0.5, 0.6) is 0 Å². The second-order valence-electron chi connectivity index (χ2n) is 32.2. The van der Waals surface area contributed by atoms with Crippen LogP contribution in [0.1, 0.15) is 106 Å². The summed E-state index contributed by atoms with van der Waals surface area (Å²) in [5.41, 5.74) is 17.5. The normalized spacial score (nSPS) is 27.1. The van der Waals surface area contributed by atoms with Crippen LogP contribution in [0.2, 0.25) is 0 Å². The van der Waals surface area contributed by atoms with Crippen LogP contribution in [0.4, 0.5) is 31.4 Å². The summed E-state index contributed by atoms with van der Waals surface area (Å²) < 4.78 is 168. The van der Waals surface area contributed by atoms with Crippen molar-refractivity contribution in [2.75, 3.05) is 96.0 Å². The summed E-state index contributed by atoms with van der Waals surface area (Å²) in [6.45, 7) is -6.69. The van der Waals surface area contributed by atoms with Gasteiger partial charge < -0.3 is 119 Å². The van der Waals surface area contributed by atoms with E-state index in [1.807, 2.05) is 0 Å². The lowest BCUT2D eigenvalue weighted by atomic mass is 10.1. The molecule has 9 aromatic heterocycles. The molecule has 0 radical (unpaired) electrons. The summed E-state index contributed by atoms with van der Waals surface area (Å²) in [5, 5.41) is 62.8. The molecular formula is C79H109N18O39P3S3. The summed E-state index contributed by atoms with van der Waals surface area (Å²) in [7, 11) is 3.84. The van der Waals surface area contributed by atoms with Gasteiger partial charge in [0.15, 0.2) is 53.4 Å². The van der Waals surface area contributed by atoms with E-state index in [1.165, 1.54) is 77.5 Å². The number of anilines is 3. The molecule has 24 atom stereocenters. The van der Waals surface area contributed by atoms with E-state index in [0.29, 0.717) is 84.7 Å². The number of ether oxygens (including phenoxy) is 15. The fourth-order valence-corrected chi connectivity index (χ4v) is 23.6. The molecule has 57 nitrogen and oxygen atoms in total. The number of fused-ring (bicyclic) bond motifs is 3. The Morgan fingerprint density at radius 2 is 0.669 bits per heavy atom. The number of carbonyl (C=O) groups excluding carboxylic acids is 3. The van der Waals surface area contributed by atoms with Crippen molar-refractivity contribution >= 4 is 124 Å². The number of rotatable bonds is 39. The zero-order valence-corrected chi connectivity index (χ0v) is 81.5. The number of nitrogen functional groups attached to an aromatic ring is 3. The van der Waals surface area contributed by atoms with Crippen molar-refractivity contribution in [3.8, 4) is 0 Å². The van der Waals surface area contributed by atoms with E-state index in [2.05, 4.69) is 44.9 Å². The lowest BCUT2D eigenvalue weighted by molar-refractivity contribution is -0.0625. The molecule has 15 N–H and O–H groups in total. The van der Waals surface area contributed by atoms with Crippen molar-refractivity contribution < 1.29 is 157 Å². The van der Waals surface area contributed by atoms with E-state index in [9.17, 15) is 87.5 Å². The minimum atomic E-state index is -4.37. The van der Waals surface area contributed by atoms with Gasteiger partial charge in [0.2, 0.25) is 0 Å². The molecule has 0 spiro atoms. The van der Waals surface area contributed by atoms with Crippen LogP contribution in [0, 0.1) is 0 Å². The van der Waals surface area contributed by atoms with Crippen LogP contribution in [0.15, 0.2) is 121 Å². The first-order chi connectivity index (χ1) is 67.3. The van der Waals surface area contributed by atoms with Crippen LogP contribution in [0.3, 0.4) is 0 Å². The second-order valence-corrected chi connectivity index (χ2v) is 44.1. The third kappa shape index (κ3) is 26.8. The zero-order chi connectivity index (χ0) is 102. The number of aliphatic hydroxyl groups is 6. The molecule has 0 aliphatic carbocycles. The fourth-order valence-electron chi connectivity index (χ4n) is 15.2. The smallest absolute Gasteiger partial charge is 0.432 e. The third-order valence-corrected chi connectivity index (χ3v) is 31.7. The number of nitrogens with one attached hydrogen (secondary N) is 3. The first-order valence-electron chi connectivity index (χ1n) is 43.0. The molecule has 6 fully saturated rings. The Kier molecular flexibility index (Phi) is 38.4. The molecule has 142 heavy (non-hydrogen) atoms. The standard InChI is InChI=1S/3C26H35N6O13PS.CH4/c3*1-13(2)42-26(37)40-12-47-46(38,45-21-16(9-33)44-24(22(21)39-3)31-7-5-18(35)30-25(31)36)41-10-17-15(34)8-19(43-17)32-11-29-20-14(27)4-6-28-23(20)32;/h3*4-7,11,13,15-17,19,21-22,24,33-34H,8-10,12H2,1-3H3,(H2,27,28)(H,30,35,36);1H4/t15-,16-,17-,19-,21+,22?,24-,46?;15-,16-,17-,19-,21+,22?,24-,46+;15-,16-,17-,19-,21+,22?,24-,46-;/m111./s1. The van der Waals surface area contributed by atoms with E-state index < -0.39 is 277 Å². The van der Waals surface area contributed by atoms with Gasteiger partial charge in [0.1, 0.15) is 108 Å². The maximum absolute atomic E-state index is 14.2. The predicted octanol–water partition coefficient (Wildman–Crippen LogP) is 3.27. The van der Waals surface area contributed by atoms with Crippen molar-refractivity contribution in [3.05, 3.63) is 155 Å². The molecular weight excluding hydrogens is 2010 g/mol. The minimum Gasteiger partial charge on any atom is -0.432 e. The largest absolute Gasteiger partial charge is 0.509 e. The Balaban J connectivity index is 0.000000190. The average molecular weight is 2120 g/mol. The first-order valence-corrected chi connectivity index (χ1v) is 52.4. The molecule has 6 saturated heterocycles. The van der Waals surface area contributed by atoms with Gasteiger partial charge in [0, 0.05) is 130 Å². The van der Waals surface area contributed by atoms with Gasteiger partial charge in [-0.3, -0.25) is 83.9 Å². The van der Waals surface area contributed by atoms with Gasteiger partial charge in [-0.15, -0.1) is 0 Å². The molecule has 0 aromatic carbocycles. The van der Waals surface area contributed by atoms with Gasteiger partial charge in [-0.1, -0.05) is 7.43 Å².